The summed E-state index contributed by atoms with van der Waals surface area (Å²) in [6.07, 6.45) is 1.77. The van der Waals surface area contributed by atoms with Crippen molar-refractivity contribution >= 4 is 23.4 Å². The zero-order valence-corrected chi connectivity index (χ0v) is 15.2. The summed E-state index contributed by atoms with van der Waals surface area (Å²) in [4.78, 5) is 25.4. The van der Waals surface area contributed by atoms with Gasteiger partial charge in [0.25, 0.3) is 11.8 Å². The molecule has 0 spiro atoms. The third-order valence-corrected chi connectivity index (χ3v) is 4.69. The molecule has 2 rings (SSSR count). The molecule has 1 saturated heterocycles. The number of piperidine rings is 1. The van der Waals surface area contributed by atoms with Crippen LogP contribution in [0, 0.1) is 5.92 Å². The molecular weight excluding hydrogens is 346 g/mol. The fraction of sp³-hybridized carbons (Fsp3) is 0.529. The van der Waals surface area contributed by atoms with E-state index in [1.165, 1.54) is 13.2 Å². The van der Waals surface area contributed by atoms with Crippen LogP contribution in [0.4, 0.5) is 0 Å². The number of amides is 2. The predicted molar refractivity (Wildman–Crippen MR) is 95.0 cm³/mol. The standard InChI is InChI=1S/C17H24ClN3O4/c1-10(19)11-3-5-21(6-4-11)17(23)12-7-13(18)16(14(8-12)24-2)25-9-15(20)22/h7-8,10-11H,3-6,9,19H2,1-2H3,(H2,20,22). The molecule has 4 N–H and O–H groups in total. The number of rotatable bonds is 6. The number of halogens is 1. The lowest BCUT2D eigenvalue weighted by atomic mass is 9.90. The van der Waals surface area contributed by atoms with Crippen molar-refractivity contribution in [3.8, 4) is 11.5 Å². The van der Waals surface area contributed by atoms with Gasteiger partial charge in [0.1, 0.15) is 0 Å². The Bertz CT molecular complexity index is 643. The third-order valence-electron chi connectivity index (χ3n) is 4.41. The number of nitrogens with zero attached hydrogens (tertiary/aromatic N) is 1. The quantitative estimate of drug-likeness (QED) is 0.788. The van der Waals surface area contributed by atoms with Gasteiger partial charge in [-0.15, -0.1) is 0 Å². The van der Waals surface area contributed by atoms with Crippen molar-refractivity contribution in [2.24, 2.45) is 17.4 Å². The highest BCUT2D eigenvalue weighted by Crippen LogP contribution is 2.37. The van der Waals surface area contributed by atoms with Gasteiger partial charge in [0, 0.05) is 24.7 Å². The molecule has 25 heavy (non-hydrogen) atoms. The highest BCUT2D eigenvalue weighted by Gasteiger charge is 2.26. The SMILES string of the molecule is COc1cc(C(=O)N2CCC(C(C)N)CC2)cc(Cl)c1OCC(N)=O. The Hall–Kier alpha value is -1.99. The number of methoxy groups -OCH3 is 1. The van der Waals surface area contributed by atoms with Crippen molar-refractivity contribution in [2.45, 2.75) is 25.8 Å². The van der Waals surface area contributed by atoms with Crippen LogP contribution in [0.5, 0.6) is 11.5 Å². The molecule has 1 aromatic rings. The van der Waals surface area contributed by atoms with Gasteiger partial charge < -0.3 is 25.8 Å². The van der Waals surface area contributed by atoms with Crippen LogP contribution in [0.25, 0.3) is 0 Å². The Kier molecular flexibility index (Phi) is 6.50. The van der Waals surface area contributed by atoms with Crippen LogP contribution in [0.1, 0.15) is 30.1 Å². The van der Waals surface area contributed by atoms with E-state index in [0.29, 0.717) is 24.6 Å². The molecule has 0 aliphatic carbocycles. The zero-order valence-electron chi connectivity index (χ0n) is 14.5. The number of likely N-dealkylation sites (tertiary alicyclic amines) is 1. The second kappa shape index (κ2) is 8.40. The first-order chi connectivity index (χ1) is 11.8. The maximum Gasteiger partial charge on any atom is 0.255 e. The molecule has 138 valence electrons. The topological polar surface area (TPSA) is 108 Å². The van der Waals surface area contributed by atoms with Crippen LogP contribution in [-0.4, -0.2) is 49.6 Å². The lowest BCUT2D eigenvalue weighted by Crippen LogP contribution is -2.42. The van der Waals surface area contributed by atoms with E-state index >= 15 is 0 Å². The van der Waals surface area contributed by atoms with Crippen LogP contribution in [-0.2, 0) is 4.79 Å². The number of carbonyl (C=O) groups is 2. The van der Waals surface area contributed by atoms with Crippen LogP contribution in [0.2, 0.25) is 5.02 Å². The van der Waals surface area contributed by atoms with Gasteiger partial charge in [0.15, 0.2) is 18.1 Å². The first kappa shape index (κ1) is 19.3. The first-order valence-corrected chi connectivity index (χ1v) is 8.54. The molecule has 1 fully saturated rings. The second-order valence-electron chi connectivity index (χ2n) is 6.23. The van der Waals surface area contributed by atoms with Gasteiger partial charge in [-0.2, -0.15) is 0 Å². The number of benzene rings is 1. The molecule has 0 bridgehead atoms. The molecule has 7 nitrogen and oxygen atoms in total. The summed E-state index contributed by atoms with van der Waals surface area (Å²) < 4.78 is 10.5. The van der Waals surface area contributed by atoms with Crippen molar-refractivity contribution in [2.75, 3.05) is 26.8 Å². The fourth-order valence-corrected chi connectivity index (χ4v) is 3.20. The molecule has 1 unspecified atom stereocenters. The van der Waals surface area contributed by atoms with E-state index in [2.05, 4.69) is 0 Å². The Morgan fingerprint density at radius 1 is 1.36 bits per heavy atom. The molecule has 0 aromatic heterocycles. The molecule has 0 saturated carbocycles. The lowest BCUT2D eigenvalue weighted by Gasteiger charge is -2.33. The number of primary amides is 1. The van der Waals surface area contributed by atoms with Crippen LogP contribution in [0.15, 0.2) is 12.1 Å². The van der Waals surface area contributed by atoms with E-state index in [4.69, 9.17) is 32.5 Å². The summed E-state index contributed by atoms with van der Waals surface area (Å²) in [7, 11) is 1.44. The largest absolute Gasteiger partial charge is 0.493 e. The minimum absolute atomic E-state index is 0.121. The normalized spacial score (nSPS) is 16.4. The van der Waals surface area contributed by atoms with E-state index in [-0.39, 0.29) is 35.1 Å². The molecule has 1 aromatic carbocycles. The van der Waals surface area contributed by atoms with Gasteiger partial charge in [-0.05, 0) is 37.8 Å². The molecule has 0 radical (unpaired) electrons. The summed E-state index contributed by atoms with van der Waals surface area (Å²) in [5.74, 6) is 0.157. The number of hydrogen-bond acceptors (Lipinski definition) is 5. The van der Waals surface area contributed by atoms with Gasteiger partial charge in [-0.1, -0.05) is 11.6 Å². The number of ether oxygens (including phenoxy) is 2. The third kappa shape index (κ3) is 4.76. The molecule has 1 aliphatic heterocycles. The van der Waals surface area contributed by atoms with Gasteiger partial charge >= 0.3 is 0 Å². The summed E-state index contributed by atoms with van der Waals surface area (Å²) in [6, 6.07) is 3.20. The van der Waals surface area contributed by atoms with Gasteiger partial charge in [-0.3, -0.25) is 9.59 Å². The van der Waals surface area contributed by atoms with E-state index in [9.17, 15) is 9.59 Å². The van der Waals surface area contributed by atoms with Gasteiger partial charge in [0.2, 0.25) is 0 Å². The van der Waals surface area contributed by atoms with Crippen molar-refractivity contribution in [3.63, 3.8) is 0 Å². The van der Waals surface area contributed by atoms with Gasteiger partial charge in [-0.25, -0.2) is 0 Å². The average Bonchev–Trinajstić information content (AvgIpc) is 2.59. The van der Waals surface area contributed by atoms with Crippen LogP contribution in [0.3, 0.4) is 0 Å². The van der Waals surface area contributed by atoms with Crippen molar-refractivity contribution < 1.29 is 19.1 Å². The second-order valence-corrected chi connectivity index (χ2v) is 6.64. The maximum atomic E-state index is 12.7. The Morgan fingerprint density at radius 3 is 2.52 bits per heavy atom. The Labute approximate surface area is 152 Å². The highest BCUT2D eigenvalue weighted by molar-refractivity contribution is 6.32. The molecule has 1 aliphatic rings. The number of nitrogens with two attached hydrogens (primary N) is 2. The maximum absolute atomic E-state index is 12.7. The summed E-state index contributed by atoms with van der Waals surface area (Å²) in [6.45, 7) is 2.99. The minimum atomic E-state index is -0.629. The van der Waals surface area contributed by atoms with E-state index in [0.717, 1.165) is 12.8 Å². The molecule has 1 atom stereocenters. The Balaban J connectivity index is 2.15. The zero-order chi connectivity index (χ0) is 18.6. The monoisotopic (exact) mass is 369 g/mol. The fourth-order valence-electron chi connectivity index (χ4n) is 2.94. The highest BCUT2D eigenvalue weighted by atomic mass is 35.5. The molecule has 1 heterocycles. The number of carbonyl (C=O) groups excluding carboxylic acids is 2. The minimum Gasteiger partial charge on any atom is -0.493 e. The van der Waals surface area contributed by atoms with Crippen molar-refractivity contribution in [1.29, 1.82) is 0 Å². The molecule has 8 heteroatoms. The van der Waals surface area contributed by atoms with E-state index in [1.807, 2.05) is 6.92 Å². The first-order valence-electron chi connectivity index (χ1n) is 8.17. The van der Waals surface area contributed by atoms with Gasteiger partial charge in [0.05, 0.1) is 12.1 Å². The summed E-state index contributed by atoms with van der Waals surface area (Å²) in [5, 5.41) is 0.189. The number of hydrogen-bond donors (Lipinski definition) is 2. The smallest absolute Gasteiger partial charge is 0.255 e. The van der Waals surface area contributed by atoms with Crippen LogP contribution < -0.4 is 20.9 Å². The molecular formula is C17H24ClN3O4. The van der Waals surface area contributed by atoms with E-state index < -0.39 is 5.91 Å². The Morgan fingerprint density at radius 2 is 2.00 bits per heavy atom. The van der Waals surface area contributed by atoms with Crippen molar-refractivity contribution in [3.05, 3.63) is 22.7 Å². The summed E-state index contributed by atoms with van der Waals surface area (Å²) in [5.41, 5.74) is 11.4. The predicted octanol–water partition coefficient (Wildman–Crippen LogP) is 1.41. The van der Waals surface area contributed by atoms with E-state index in [1.54, 1.807) is 11.0 Å². The average molecular weight is 370 g/mol. The van der Waals surface area contributed by atoms with Crippen LogP contribution >= 0.6 is 11.6 Å². The summed E-state index contributed by atoms with van der Waals surface area (Å²) >= 11 is 6.20. The molecule has 2 amide bonds. The lowest BCUT2D eigenvalue weighted by molar-refractivity contribution is -0.119. The van der Waals surface area contributed by atoms with Crippen molar-refractivity contribution in [1.82, 2.24) is 4.90 Å².